The molecule has 1 heterocycles. The van der Waals surface area contributed by atoms with Crippen LogP contribution < -0.4 is 0 Å². The maximum atomic E-state index is 8.48. The average Bonchev–Trinajstić information content (AvgIpc) is 2.58. The van der Waals surface area contributed by atoms with Crippen LogP contribution in [0.1, 0.15) is 24.9 Å². The lowest BCUT2D eigenvalue weighted by Crippen LogP contribution is -2.23. The summed E-state index contributed by atoms with van der Waals surface area (Å²) in [7, 11) is 0. The molecule has 0 aromatic carbocycles. The monoisotopic (exact) mass is 192 g/mol. The van der Waals surface area contributed by atoms with Gasteiger partial charge in [-0.25, -0.2) is 0 Å². The van der Waals surface area contributed by atoms with Crippen molar-refractivity contribution >= 4 is 0 Å². The predicted molar refractivity (Wildman–Crippen MR) is 54.6 cm³/mol. The van der Waals surface area contributed by atoms with Crippen LogP contribution in [0.25, 0.3) is 0 Å². The van der Waals surface area contributed by atoms with E-state index in [9.17, 15) is 0 Å². The van der Waals surface area contributed by atoms with Crippen molar-refractivity contribution in [2.75, 3.05) is 13.1 Å². The Kier molecular flexibility index (Phi) is 4.21. The molecule has 0 aliphatic rings. The lowest BCUT2D eigenvalue weighted by atomic mass is 10.3. The molecule has 3 nitrogen and oxygen atoms in total. The fourth-order valence-corrected chi connectivity index (χ4v) is 1.35. The number of aryl methyl sites for hydroxylation is 1. The Bertz CT molecular complexity index is 311. The van der Waals surface area contributed by atoms with Gasteiger partial charge in [-0.3, -0.25) is 4.90 Å². The van der Waals surface area contributed by atoms with E-state index < -0.39 is 0 Å². The minimum atomic E-state index is 0.577. The molecule has 0 saturated carbocycles. The first kappa shape index (κ1) is 10.8. The molecule has 0 atom stereocenters. The molecule has 1 rings (SSSR count). The minimum absolute atomic E-state index is 0.577. The van der Waals surface area contributed by atoms with Gasteiger partial charge in [0, 0.05) is 13.0 Å². The van der Waals surface area contributed by atoms with Gasteiger partial charge in [0.15, 0.2) is 0 Å². The maximum absolute atomic E-state index is 8.48. The second-order valence-corrected chi connectivity index (χ2v) is 3.29. The summed E-state index contributed by atoms with van der Waals surface area (Å²) in [5.74, 6) is 1.92. The normalized spacial score (nSPS) is 10.4. The third kappa shape index (κ3) is 3.23. The van der Waals surface area contributed by atoms with Crippen molar-refractivity contribution in [2.45, 2.75) is 26.8 Å². The van der Waals surface area contributed by atoms with E-state index in [2.05, 4.69) is 17.9 Å². The second kappa shape index (κ2) is 5.46. The first-order chi connectivity index (χ1) is 6.76. The summed E-state index contributed by atoms with van der Waals surface area (Å²) in [6.07, 6.45) is 0.577. The lowest BCUT2D eigenvalue weighted by molar-refractivity contribution is 0.259. The molecule has 0 radical (unpaired) electrons. The smallest absolute Gasteiger partial charge is 0.118 e. The molecule has 0 aliphatic carbocycles. The van der Waals surface area contributed by atoms with Crippen LogP contribution in [0.3, 0.4) is 0 Å². The van der Waals surface area contributed by atoms with E-state index in [0.717, 1.165) is 31.2 Å². The zero-order chi connectivity index (χ0) is 10.4. The van der Waals surface area contributed by atoms with Crippen molar-refractivity contribution < 1.29 is 4.42 Å². The van der Waals surface area contributed by atoms with Gasteiger partial charge in [0.1, 0.15) is 11.5 Å². The zero-order valence-electron chi connectivity index (χ0n) is 8.79. The Balaban J connectivity index is 2.44. The number of hydrogen-bond donors (Lipinski definition) is 0. The van der Waals surface area contributed by atoms with Crippen LogP contribution in [0.4, 0.5) is 0 Å². The van der Waals surface area contributed by atoms with Crippen LogP contribution in [0, 0.1) is 18.3 Å². The summed E-state index contributed by atoms with van der Waals surface area (Å²) >= 11 is 0. The number of nitriles is 1. The van der Waals surface area contributed by atoms with Crippen LogP contribution in [0.2, 0.25) is 0 Å². The molecule has 14 heavy (non-hydrogen) atoms. The summed E-state index contributed by atoms with van der Waals surface area (Å²) < 4.78 is 5.47. The zero-order valence-corrected chi connectivity index (χ0v) is 8.79. The molecule has 76 valence electrons. The molecule has 0 fully saturated rings. The first-order valence-electron chi connectivity index (χ1n) is 4.91. The molecular formula is C11H16N2O. The van der Waals surface area contributed by atoms with E-state index in [4.69, 9.17) is 9.68 Å². The van der Waals surface area contributed by atoms with Gasteiger partial charge in [0.05, 0.1) is 12.6 Å². The van der Waals surface area contributed by atoms with Crippen LogP contribution in [-0.4, -0.2) is 18.0 Å². The van der Waals surface area contributed by atoms with Crippen molar-refractivity contribution in [3.63, 3.8) is 0 Å². The molecule has 0 unspecified atom stereocenters. The van der Waals surface area contributed by atoms with E-state index in [1.165, 1.54) is 0 Å². The Hall–Kier alpha value is -1.27. The van der Waals surface area contributed by atoms with Gasteiger partial charge >= 0.3 is 0 Å². The third-order valence-corrected chi connectivity index (χ3v) is 2.16. The largest absolute Gasteiger partial charge is 0.465 e. The molecule has 1 aromatic heterocycles. The summed E-state index contributed by atoms with van der Waals surface area (Å²) in [4.78, 5) is 2.20. The molecule has 0 bridgehead atoms. The molecule has 0 spiro atoms. The second-order valence-electron chi connectivity index (χ2n) is 3.29. The molecule has 0 N–H and O–H groups in total. The minimum Gasteiger partial charge on any atom is -0.465 e. The Morgan fingerprint density at radius 3 is 2.79 bits per heavy atom. The summed E-state index contributed by atoms with van der Waals surface area (Å²) in [5, 5.41) is 8.48. The molecule has 3 heteroatoms. The van der Waals surface area contributed by atoms with E-state index >= 15 is 0 Å². The number of hydrogen-bond acceptors (Lipinski definition) is 3. The van der Waals surface area contributed by atoms with Crippen LogP contribution >= 0.6 is 0 Å². The highest BCUT2D eigenvalue weighted by atomic mass is 16.3. The fraction of sp³-hybridized carbons (Fsp3) is 0.545. The van der Waals surface area contributed by atoms with Gasteiger partial charge in [0.2, 0.25) is 0 Å². The van der Waals surface area contributed by atoms with Crippen LogP contribution in [0.5, 0.6) is 0 Å². The predicted octanol–water partition coefficient (Wildman–Crippen LogP) is 2.32. The van der Waals surface area contributed by atoms with Gasteiger partial charge in [0.25, 0.3) is 0 Å². The molecule has 0 amide bonds. The van der Waals surface area contributed by atoms with Gasteiger partial charge in [-0.15, -0.1) is 0 Å². The number of nitrogens with zero attached hydrogens (tertiary/aromatic N) is 2. The van der Waals surface area contributed by atoms with E-state index in [0.29, 0.717) is 6.42 Å². The maximum Gasteiger partial charge on any atom is 0.118 e. The Morgan fingerprint density at radius 1 is 1.50 bits per heavy atom. The highest BCUT2D eigenvalue weighted by molar-refractivity contribution is 5.05. The van der Waals surface area contributed by atoms with Crippen molar-refractivity contribution in [1.82, 2.24) is 4.90 Å². The summed E-state index contributed by atoms with van der Waals surface area (Å²) in [5.41, 5.74) is 0. The summed E-state index contributed by atoms with van der Waals surface area (Å²) in [6, 6.07) is 6.11. The van der Waals surface area contributed by atoms with Gasteiger partial charge in [-0.2, -0.15) is 5.26 Å². The van der Waals surface area contributed by atoms with Gasteiger partial charge in [-0.05, 0) is 25.6 Å². The first-order valence-corrected chi connectivity index (χ1v) is 4.91. The van der Waals surface area contributed by atoms with E-state index in [1.807, 2.05) is 19.1 Å². The van der Waals surface area contributed by atoms with E-state index in [1.54, 1.807) is 0 Å². The number of furan rings is 1. The lowest BCUT2D eigenvalue weighted by Gasteiger charge is -2.16. The fourth-order valence-electron chi connectivity index (χ4n) is 1.35. The highest BCUT2D eigenvalue weighted by Gasteiger charge is 2.05. The topological polar surface area (TPSA) is 40.2 Å². The van der Waals surface area contributed by atoms with Crippen molar-refractivity contribution in [3.05, 3.63) is 23.7 Å². The van der Waals surface area contributed by atoms with Gasteiger partial charge < -0.3 is 4.42 Å². The van der Waals surface area contributed by atoms with Gasteiger partial charge in [-0.1, -0.05) is 6.92 Å². The molecular weight excluding hydrogens is 176 g/mol. The number of rotatable bonds is 5. The molecule has 0 saturated heterocycles. The quantitative estimate of drug-likeness (QED) is 0.718. The highest BCUT2D eigenvalue weighted by Crippen LogP contribution is 2.09. The SMILES string of the molecule is CCN(CCC#N)Cc1ccc(C)o1. The van der Waals surface area contributed by atoms with Crippen LogP contribution in [-0.2, 0) is 6.54 Å². The van der Waals surface area contributed by atoms with Crippen LogP contribution in [0.15, 0.2) is 16.5 Å². The Labute approximate surface area is 84.9 Å². The summed E-state index contributed by atoms with van der Waals surface area (Å²) in [6.45, 7) is 6.59. The standard InChI is InChI=1S/C11H16N2O/c1-3-13(8-4-7-12)9-11-6-5-10(2)14-11/h5-6H,3-4,8-9H2,1-2H3. The van der Waals surface area contributed by atoms with Crippen molar-refractivity contribution in [1.29, 1.82) is 5.26 Å². The van der Waals surface area contributed by atoms with Crippen molar-refractivity contribution in [2.24, 2.45) is 0 Å². The van der Waals surface area contributed by atoms with E-state index in [-0.39, 0.29) is 0 Å². The average molecular weight is 192 g/mol. The van der Waals surface area contributed by atoms with Crippen molar-refractivity contribution in [3.8, 4) is 6.07 Å². The molecule has 1 aromatic rings. The molecule has 0 aliphatic heterocycles. The Morgan fingerprint density at radius 2 is 2.29 bits per heavy atom. The third-order valence-electron chi connectivity index (χ3n) is 2.16.